The monoisotopic (exact) mass is 388 g/mol. The quantitative estimate of drug-likeness (QED) is 0.560. The van der Waals surface area contributed by atoms with E-state index in [1.807, 2.05) is 31.2 Å². The van der Waals surface area contributed by atoms with Crippen molar-refractivity contribution in [2.24, 2.45) is 11.8 Å². The van der Waals surface area contributed by atoms with Crippen LogP contribution in [0.3, 0.4) is 0 Å². The summed E-state index contributed by atoms with van der Waals surface area (Å²) in [5.74, 6) is 2.08. The molecule has 0 N–H and O–H groups in total. The number of ketones is 1. The van der Waals surface area contributed by atoms with E-state index in [0.29, 0.717) is 35.3 Å². The maximum Gasteiger partial charge on any atom is 0.343 e. The Labute approximate surface area is 170 Å². The molecule has 6 rings (SSSR count). The van der Waals surface area contributed by atoms with E-state index in [2.05, 4.69) is 6.07 Å². The lowest BCUT2D eigenvalue weighted by molar-refractivity contribution is -0.136. The van der Waals surface area contributed by atoms with Gasteiger partial charge < -0.3 is 9.47 Å². The molecule has 3 aliphatic carbocycles. The lowest BCUT2D eigenvalue weighted by atomic mass is 9.48. The van der Waals surface area contributed by atoms with Crippen LogP contribution in [0, 0.1) is 18.8 Å². The molecule has 1 spiro atoms. The highest BCUT2D eigenvalue weighted by Crippen LogP contribution is 2.65. The predicted octanol–water partition coefficient (Wildman–Crippen LogP) is 4.55. The third kappa shape index (κ3) is 2.20. The molecule has 2 fully saturated rings. The number of ether oxygens (including phenoxy) is 2. The maximum absolute atomic E-state index is 12.9. The Morgan fingerprint density at radius 3 is 2.90 bits per heavy atom. The summed E-state index contributed by atoms with van der Waals surface area (Å²) < 4.78 is 12.2. The minimum Gasteiger partial charge on any atom is -0.477 e. The number of carbonyl (C=O) groups excluding carboxylic acids is 2. The molecular formula is C25H24O4. The van der Waals surface area contributed by atoms with E-state index in [9.17, 15) is 9.59 Å². The zero-order valence-corrected chi connectivity index (χ0v) is 16.6. The van der Waals surface area contributed by atoms with E-state index >= 15 is 0 Å². The zero-order chi connectivity index (χ0) is 19.8. The van der Waals surface area contributed by atoms with Gasteiger partial charge in [-0.1, -0.05) is 30.7 Å². The Morgan fingerprint density at radius 2 is 2.03 bits per heavy atom. The second kappa shape index (κ2) is 5.94. The normalized spacial score (nSPS) is 31.1. The van der Waals surface area contributed by atoms with Gasteiger partial charge in [0, 0.05) is 17.4 Å². The molecule has 1 aliphatic heterocycles. The van der Waals surface area contributed by atoms with Gasteiger partial charge in [-0.2, -0.15) is 0 Å². The van der Waals surface area contributed by atoms with Crippen LogP contribution in [0.25, 0.3) is 0 Å². The summed E-state index contributed by atoms with van der Waals surface area (Å²) in [5.41, 5.74) is 3.69. The van der Waals surface area contributed by atoms with Gasteiger partial charge in [-0.15, -0.1) is 0 Å². The number of aryl methyl sites for hydroxylation is 1. The second-order valence-corrected chi connectivity index (χ2v) is 9.14. The van der Waals surface area contributed by atoms with Gasteiger partial charge in [-0.3, -0.25) is 4.79 Å². The van der Waals surface area contributed by atoms with E-state index < -0.39 is 6.10 Å². The first-order valence-electron chi connectivity index (χ1n) is 10.7. The summed E-state index contributed by atoms with van der Waals surface area (Å²) in [6, 6.07) is 11.4. The van der Waals surface area contributed by atoms with E-state index in [-0.39, 0.29) is 17.2 Å². The van der Waals surface area contributed by atoms with Crippen molar-refractivity contribution in [2.45, 2.75) is 57.0 Å². The minimum absolute atomic E-state index is 0.202. The van der Waals surface area contributed by atoms with Crippen molar-refractivity contribution in [3.63, 3.8) is 0 Å². The van der Waals surface area contributed by atoms with Crippen LogP contribution in [0.15, 0.2) is 36.4 Å². The van der Waals surface area contributed by atoms with Crippen LogP contribution < -0.4 is 9.47 Å². The molecule has 148 valence electrons. The minimum atomic E-state index is -0.406. The molecule has 0 amide bonds. The van der Waals surface area contributed by atoms with Crippen molar-refractivity contribution in [1.82, 2.24) is 0 Å². The van der Waals surface area contributed by atoms with Gasteiger partial charge in [-0.05, 0) is 67.7 Å². The van der Waals surface area contributed by atoms with Gasteiger partial charge in [0.05, 0.1) is 5.56 Å². The number of Topliss-reactive ketones (excluding diaryl/α,β-unsaturated/α-hetero) is 1. The van der Waals surface area contributed by atoms with Crippen LogP contribution in [-0.4, -0.2) is 17.9 Å². The third-order valence-corrected chi connectivity index (χ3v) is 7.82. The number of benzene rings is 2. The smallest absolute Gasteiger partial charge is 0.343 e. The molecule has 4 atom stereocenters. The Morgan fingerprint density at radius 1 is 1.17 bits per heavy atom. The van der Waals surface area contributed by atoms with Gasteiger partial charge in [0.1, 0.15) is 0 Å². The zero-order valence-electron chi connectivity index (χ0n) is 16.6. The molecule has 2 bridgehead atoms. The maximum atomic E-state index is 12.9. The molecule has 4 nitrogen and oxygen atoms in total. The molecule has 4 heteroatoms. The summed E-state index contributed by atoms with van der Waals surface area (Å²) in [6.07, 6.45) is 5.60. The fraction of sp³-hybridized carbons (Fsp3) is 0.440. The van der Waals surface area contributed by atoms with Gasteiger partial charge in [0.2, 0.25) is 0 Å². The molecule has 29 heavy (non-hydrogen) atoms. The van der Waals surface area contributed by atoms with Crippen molar-refractivity contribution < 1.29 is 19.1 Å². The number of rotatable bonds is 2. The molecular weight excluding hydrogens is 364 g/mol. The highest BCUT2D eigenvalue weighted by atomic mass is 16.6. The molecule has 4 aliphatic rings. The van der Waals surface area contributed by atoms with Gasteiger partial charge in [-0.25, -0.2) is 4.79 Å². The summed E-state index contributed by atoms with van der Waals surface area (Å²) >= 11 is 0. The molecule has 0 saturated heterocycles. The Kier molecular flexibility index (Phi) is 3.54. The van der Waals surface area contributed by atoms with Crippen molar-refractivity contribution in [2.75, 3.05) is 0 Å². The van der Waals surface area contributed by atoms with Crippen molar-refractivity contribution in [1.29, 1.82) is 0 Å². The Bertz CT molecular complexity index is 1050. The summed E-state index contributed by atoms with van der Waals surface area (Å²) in [4.78, 5) is 25.7. The number of carbonyl (C=O) groups is 2. The number of esters is 1. The number of hydrogen-bond acceptors (Lipinski definition) is 4. The highest BCUT2D eigenvalue weighted by Gasteiger charge is 2.64. The molecule has 0 aromatic heterocycles. The first-order valence-corrected chi connectivity index (χ1v) is 10.7. The molecule has 0 radical (unpaired) electrons. The van der Waals surface area contributed by atoms with E-state index in [1.54, 1.807) is 6.07 Å². The van der Waals surface area contributed by atoms with Crippen LogP contribution >= 0.6 is 0 Å². The van der Waals surface area contributed by atoms with Crippen LogP contribution in [0.4, 0.5) is 0 Å². The Hall–Kier alpha value is -2.62. The van der Waals surface area contributed by atoms with E-state index in [4.69, 9.17) is 9.47 Å². The van der Waals surface area contributed by atoms with Gasteiger partial charge in [0.15, 0.2) is 23.4 Å². The van der Waals surface area contributed by atoms with Gasteiger partial charge in [0.25, 0.3) is 0 Å². The molecule has 2 aromatic rings. The summed E-state index contributed by atoms with van der Waals surface area (Å²) in [7, 11) is 0. The molecule has 2 aromatic carbocycles. The van der Waals surface area contributed by atoms with Crippen LogP contribution in [0.5, 0.6) is 11.5 Å². The van der Waals surface area contributed by atoms with Crippen molar-refractivity contribution in [3.8, 4) is 11.5 Å². The second-order valence-electron chi connectivity index (χ2n) is 9.14. The lowest BCUT2D eigenvalue weighted by Gasteiger charge is -2.54. The first kappa shape index (κ1) is 17.3. The van der Waals surface area contributed by atoms with Crippen LogP contribution in [0.1, 0.15) is 59.2 Å². The standard InChI is InChI=1S/C25H24O4/c1-14-5-2-3-7-17(14)24(27)28-20-11-8-16-13-15-6-4-12-25-18(15)9-10-19(26)23(25)29-22(20)21(16)25/h2-3,5,7-8,11,15,18,23H,4,6,9-10,12-13H2,1H3/t15-,18+,23+,25+/m1/s1. The molecule has 0 unspecified atom stereocenters. The first-order chi connectivity index (χ1) is 14.1. The molecule has 2 saturated carbocycles. The lowest BCUT2D eigenvalue weighted by Crippen LogP contribution is -2.58. The van der Waals surface area contributed by atoms with Crippen LogP contribution in [-0.2, 0) is 16.6 Å². The SMILES string of the molecule is Cc1ccccc1C(=O)Oc1ccc2c3c1O[C@H]1C(=O)CC[C@H]4[C@H](CCC[C@]314)C2. The van der Waals surface area contributed by atoms with Crippen molar-refractivity contribution in [3.05, 3.63) is 58.7 Å². The average molecular weight is 388 g/mol. The van der Waals surface area contributed by atoms with Crippen molar-refractivity contribution >= 4 is 11.8 Å². The summed E-state index contributed by atoms with van der Waals surface area (Å²) in [5, 5.41) is 0. The predicted molar refractivity (Wildman–Crippen MR) is 107 cm³/mol. The topological polar surface area (TPSA) is 52.6 Å². The van der Waals surface area contributed by atoms with Crippen LogP contribution in [0.2, 0.25) is 0 Å². The van der Waals surface area contributed by atoms with E-state index in [0.717, 1.165) is 31.2 Å². The van der Waals surface area contributed by atoms with E-state index in [1.165, 1.54) is 17.5 Å². The highest BCUT2D eigenvalue weighted by molar-refractivity contribution is 5.93. The molecule has 1 heterocycles. The fourth-order valence-corrected chi connectivity index (χ4v) is 6.69. The Balaban J connectivity index is 1.47. The number of hydrogen-bond donors (Lipinski definition) is 0. The fourth-order valence-electron chi connectivity index (χ4n) is 6.69. The largest absolute Gasteiger partial charge is 0.477 e. The average Bonchev–Trinajstić information content (AvgIpc) is 3.06. The van der Waals surface area contributed by atoms with Gasteiger partial charge >= 0.3 is 5.97 Å². The third-order valence-electron chi connectivity index (χ3n) is 7.82. The summed E-state index contributed by atoms with van der Waals surface area (Å²) in [6.45, 7) is 1.90.